The lowest BCUT2D eigenvalue weighted by molar-refractivity contribution is -0.133. The molecule has 0 unspecified atom stereocenters. The van der Waals surface area contributed by atoms with E-state index >= 15 is 0 Å². The molecule has 3 amide bonds. The van der Waals surface area contributed by atoms with E-state index in [9.17, 15) is 22.4 Å². The zero-order chi connectivity index (χ0) is 22.4. The fourth-order valence-corrected chi connectivity index (χ4v) is 5.46. The van der Waals surface area contributed by atoms with Crippen LogP contribution in [0.3, 0.4) is 0 Å². The first-order valence-electron chi connectivity index (χ1n) is 10.9. The molecule has 1 saturated carbocycles. The van der Waals surface area contributed by atoms with Crippen molar-refractivity contribution in [2.24, 2.45) is 0 Å². The molecule has 2 aliphatic rings. The number of carbonyl (C=O) groups is 2. The van der Waals surface area contributed by atoms with Gasteiger partial charge in [0.15, 0.2) is 0 Å². The Hall–Kier alpha value is -2.20. The lowest BCUT2D eigenvalue weighted by atomic mass is 9.96. The van der Waals surface area contributed by atoms with Gasteiger partial charge >= 0.3 is 6.03 Å². The van der Waals surface area contributed by atoms with E-state index in [1.54, 1.807) is 4.90 Å². The van der Waals surface area contributed by atoms with E-state index in [-0.39, 0.29) is 24.0 Å². The molecule has 1 heterocycles. The van der Waals surface area contributed by atoms with Crippen molar-refractivity contribution in [1.29, 1.82) is 0 Å². The molecule has 1 aromatic carbocycles. The van der Waals surface area contributed by atoms with Crippen LogP contribution >= 0.6 is 0 Å². The second-order valence-corrected chi connectivity index (χ2v) is 10.0. The van der Waals surface area contributed by atoms with Crippen LogP contribution in [0.5, 0.6) is 0 Å². The summed E-state index contributed by atoms with van der Waals surface area (Å²) in [6.45, 7) is 2.28. The van der Waals surface area contributed by atoms with E-state index in [0.717, 1.165) is 37.8 Å². The Balaban J connectivity index is 1.46. The third-order valence-electron chi connectivity index (χ3n) is 5.91. The number of amides is 3. The standard InChI is InChI=1S/C21H31FN4O4S/c1-15(25-31(29,30)19-10-6-5-9-18(19)22)20(27)26-13-11-17(12-14-26)24-21(28)23-16-7-3-2-4-8-16/h5-6,9-10,15-17,25H,2-4,7-8,11-14H2,1H3,(H2,23,24,28)/t15-/m0/s1. The monoisotopic (exact) mass is 454 g/mol. The van der Waals surface area contributed by atoms with Crippen molar-refractivity contribution in [3.8, 4) is 0 Å². The normalized spacial score (nSPS) is 19.6. The number of likely N-dealkylation sites (tertiary alicyclic amines) is 1. The van der Waals surface area contributed by atoms with Crippen LogP contribution in [0.25, 0.3) is 0 Å². The van der Waals surface area contributed by atoms with Crippen LogP contribution in [0, 0.1) is 5.82 Å². The number of urea groups is 1. The van der Waals surface area contributed by atoms with Gasteiger partial charge in [-0.1, -0.05) is 31.4 Å². The van der Waals surface area contributed by atoms with Crippen LogP contribution in [-0.4, -0.2) is 56.5 Å². The van der Waals surface area contributed by atoms with Gasteiger partial charge in [-0.25, -0.2) is 17.6 Å². The highest BCUT2D eigenvalue weighted by atomic mass is 32.2. The lowest BCUT2D eigenvalue weighted by Gasteiger charge is -2.34. The molecule has 8 nitrogen and oxygen atoms in total. The van der Waals surface area contributed by atoms with Gasteiger partial charge < -0.3 is 15.5 Å². The molecule has 172 valence electrons. The Morgan fingerprint density at radius 1 is 1.00 bits per heavy atom. The van der Waals surface area contributed by atoms with Crippen molar-refractivity contribution in [2.75, 3.05) is 13.1 Å². The molecule has 0 spiro atoms. The first kappa shape index (κ1) is 23.5. The van der Waals surface area contributed by atoms with E-state index in [1.807, 2.05) is 0 Å². The number of nitrogens with one attached hydrogen (secondary N) is 3. The summed E-state index contributed by atoms with van der Waals surface area (Å²) in [5.74, 6) is -1.24. The molecule has 1 aliphatic heterocycles. The minimum absolute atomic E-state index is 0.0296. The number of rotatable bonds is 6. The molecule has 10 heteroatoms. The fraction of sp³-hybridized carbons (Fsp3) is 0.619. The number of halogens is 1. The van der Waals surface area contributed by atoms with Crippen molar-refractivity contribution < 1.29 is 22.4 Å². The summed E-state index contributed by atoms with van der Waals surface area (Å²) in [5, 5.41) is 6.01. The number of carbonyl (C=O) groups excluding carboxylic acids is 2. The summed E-state index contributed by atoms with van der Waals surface area (Å²) < 4.78 is 40.9. The highest BCUT2D eigenvalue weighted by molar-refractivity contribution is 7.89. The number of benzene rings is 1. The number of hydrogen-bond acceptors (Lipinski definition) is 4. The maximum atomic E-state index is 13.8. The van der Waals surface area contributed by atoms with E-state index in [4.69, 9.17) is 0 Å². The first-order chi connectivity index (χ1) is 14.8. The first-order valence-corrected chi connectivity index (χ1v) is 12.4. The molecule has 0 aromatic heterocycles. The minimum Gasteiger partial charge on any atom is -0.341 e. The van der Waals surface area contributed by atoms with Gasteiger partial charge in [0.05, 0.1) is 6.04 Å². The van der Waals surface area contributed by atoms with Crippen LogP contribution in [0.4, 0.5) is 9.18 Å². The molecular weight excluding hydrogens is 423 g/mol. The van der Waals surface area contributed by atoms with E-state index in [2.05, 4.69) is 15.4 Å². The van der Waals surface area contributed by atoms with Gasteiger partial charge in [-0.05, 0) is 44.7 Å². The second-order valence-electron chi connectivity index (χ2n) is 8.33. The van der Waals surface area contributed by atoms with Crippen LogP contribution in [0.1, 0.15) is 51.9 Å². The van der Waals surface area contributed by atoms with Crippen LogP contribution in [0.15, 0.2) is 29.2 Å². The van der Waals surface area contributed by atoms with E-state index < -0.39 is 26.8 Å². The predicted octanol–water partition coefficient (Wildman–Crippen LogP) is 2.12. The zero-order valence-corrected chi connectivity index (χ0v) is 18.6. The average molecular weight is 455 g/mol. The topological polar surface area (TPSA) is 108 Å². The summed E-state index contributed by atoms with van der Waals surface area (Å²) in [7, 11) is -4.15. The molecule has 1 saturated heterocycles. The summed E-state index contributed by atoms with van der Waals surface area (Å²) in [6.07, 6.45) is 6.73. The van der Waals surface area contributed by atoms with Crippen molar-refractivity contribution in [3.63, 3.8) is 0 Å². The maximum Gasteiger partial charge on any atom is 0.315 e. The third kappa shape index (κ3) is 6.39. The van der Waals surface area contributed by atoms with Crippen molar-refractivity contribution in [3.05, 3.63) is 30.1 Å². The molecule has 1 atom stereocenters. The zero-order valence-electron chi connectivity index (χ0n) is 17.8. The van der Waals surface area contributed by atoms with Gasteiger partial charge in [0.25, 0.3) is 0 Å². The number of sulfonamides is 1. The third-order valence-corrected chi connectivity index (χ3v) is 7.48. The Morgan fingerprint density at radius 3 is 2.19 bits per heavy atom. The Morgan fingerprint density at radius 2 is 1.58 bits per heavy atom. The molecule has 1 aromatic rings. The Bertz CT molecular complexity index is 881. The molecule has 2 fully saturated rings. The van der Waals surface area contributed by atoms with Gasteiger partial charge in [-0.15, -0.1) is 0 Å². The molecule has 31 heavy (non-hydrogen) atoms. The van der Waals surface area contributed by atoms with E-state index in [1.165, 1.54) is 25.5 Å². The summed E-state index contributed by atoms with van der Waals surface area (Å²) >= 11 is 0. The van der Waals surface area contributed by atoms with Crippen LogP contribution < -0.4 is 15.4 Å². The smallest absolute Gasteiger partial charge is 0.315 e. The molecule has 3 rings (SSSR count). The SMILES string of the molecule is C[C@H](NS(=O)(=O)c1ccccc1F)C(=O)N1CCC(NC(=O)NC2CCCCC2)CC1. The lowest BCUT2D eigenvalue weighted by Crippen LogP contribution is -2.53. The summed E-state index contributed by atoms with van der Waals surface area (Å²) in [5.41, 5.74) is 0. The van der Waals surface area contributed by atoms with Crippen molar-refractivity contribution in [2.45, 2.75) is 74.9 Å². The summed E-state index contributed by atoms with van der Waals surface area (Å²) in [6, 6.07) is 4.06. The molecule has 3 N–H and O–H groups in total. The summed E-state index contributed by atoms with van der Waals surface area (Å²) in [4.78, 5) is 26.0. The number of piperidine rings is 1. The maximum absolute atomic E-state index is 13.8. The molecule has 0 bridgehead atoms. The van der Waals surface area contributed by atoms with Gasteiger partial charge in [-0.2, -0.15) is 4.72 Å². The Kier molecular flexibility index (Phi) is 7.88. The highest BCUT2D eigenvalue weighted by Gasteiger charge is 2.30. The van der Waals surface area contributed by atoms with Gasteiger partial charge in [0, 0.05) is 25.2 Å². The van der Waals surface area contributed by atoms with E-state index in [0.29, 0.717) is 25.9 Å². The quantitative estimate of drug-likeness (QED) is 0.612. The minimum atomic E-state index is -4.15. The number of hydrogen-bond donors (Lipinski definition) is 3. The predicted molar refractivity (Wildman–Crippen MR) is 114 cm³/mol. The average Bonchev–Trinajstić information content (AvgIpc) is 2.74. The highest BCUT2D eigenvalue weighted by Crippen LogP contribution is 2.18. The largest absolute Gasteiger partial charge is 0.341 e. The number of nitrogens with zero attached hydrogens (tertiary/aromatic N) is 1. The van der Waals surface area contributed by atoms with Gasteiger partial charge in [0.1, 0.15) is 10.7 Å². The second kappa shape index (κ2) is 10.4. The molecule has 0 radical (unpaired) electrons. The Labute approximate surface area is 183 Å². The van der Waals surface area contributed by atoms with Crippen LogP contribution in [-0.2, 0) is 14.8 Å². The molecular formula is C21H31FN4O4S. The van der Waals surface area contributed by atoms with Gasteiger partial charge in [-0.3, -0.25) is 4.79 Å². The van der Waals surface area contributed by atoms with Crippen LogP contribution in [0.2, 0.25) is 0 Å². The molecule has 1 aliphatic carbocycles. The van der Waals surface area contributed by atoms with Crippen molar-refractivity contribution in [1.82, 2.24) is 20.3 Å². The van der Waals surface area contributed by atoms with Gasteiger partial charge in [0.2, 0.25) is 15.9 Å². The fourth-order valence-electron chi connectivity index (χ4n) is 4.19. The van der Waals surface area contributed by atoms with Crippen molar-refractivity contribution >= 4 is 22.0 Å².